The maximum Gasteiger partial charge on any atom is 0.217 e. The smallest absolute Gasteiger partial charge is 0.217 e. The number of ketones is 1. The lowest BCUT2D eigenvalue weighted by Gasteiger charge is -2.36. The molecule has 0 unspecified atom stereocenters. The maximum atomic E-state index is 14.2. The Morgan fingerprint density at radius 1 is 1.23 bits per heavy atom. The predicted molar refractivity (Wildman–Crippen MR) is 143 cm³/mol. The molecule has 0 aliphatic heterocycles. The summed E-state index contributed by atoms with van der Waals surface area (Å²) in [6.07, 6.45) is 3.15. The summed E-state index contributed by atoms with van der Waals surface area (Å²) in [5, 5.41) is 9.57. The van der Waals surface area contributed by atoms with Crippen LogP contribution >= 0.6 is 0 Å². The van der Waals surface area contributed by atoms with E-state index in [9.17, 15) is 10.1 Å². The molecule has 0 spiro atoms. The summed E-state index contributed by atoms with van der Waals surface area (Å²) in [6, 6.07) is 7.55. The molecule has 188 valence electrons. The first kappa shape index (κ1) is 27.1. The Kier molecular flexibility index (Phi) is 7.93. The number of methoxy groups -OCH3 is 1. The quantitative estimate of drug-likeness (QED) is 0.276. The SMILES string of the molecule is COc1nc(CO[Si](C)(C)C(C)(C)C)c(CC2CC2)c(C(=O)c2cc(C)cc(C#N)c2)c1C(C)C. The molecule has 0 bridgehead atoms. The Balaban J connectivity index is 2.23. The van der Waals surface area contributed by atoms with Gasteiger partial charge in [0.05, 0.1) is 31.0 Å². The second-order valence-electron chi connectivity index (χ2n) is 11.7. The van der Waals surface area contributed by atoms with E-state index in [2.05, 4.69) is 53.8 Å². The number of nitrogens with zero attached hydrogens (tertiary/aromatic N) is 2. The fourth-order valence-corrected chi connectivity index (χ4v) is 5.08. The first-order valence-corrected chi connectivity index (χ1v) is 15.5. The topological polar surface area (TPSA) is 72.2 Å². The average molecular weight is 493 g/mol. The number of aryl methyl sites for hydroxylation is 1. The van der Waals surface area contributed by atoms with Gasteiger partial charge in [-0.15, -0.1) is 0 Å². The molecule has 0 amide bonds. The minimum atomic E-state index is -2.03. The zero-order valence-corrected chi connectivity index (χ0v) is 23.8. The average Bonchev–Trinajstić information content (AvgIpc) is 3.59. The number of ether oxygens (including phenoxy) is 1. The lowest BCUT2D eigenvalue weighted by Crippen LogP contribution is -2.40. The van der Waals surface area contributed by atoms with E-state index in [-0.39, 0.29) is 16.7 Å². The molecule has 1 heterocycles. The van der Waals surface area contributed by atoms with Crippen molar-refractivity contribution >= 4 is 14.1 Å². The van der Waals surface area contributed by atoms with Crippen LogP contribution in [0, 0.1) is 24.2 Å². The van der Waals surface area contributed by atoms with E-state index in [0.717, 1.165) is 28.8 Å². The zero-order valence-electron chi connectivity index (χ0n) is 22.8. The van der Waals surface area contributed by atoms with Crippen LogP contribution < -0.4 is 4.74 Å². The van der Waals surface area contributed by atoms with Crippen LogP contribution in [-0.4, -0.2) is 26.2 Å². The molecule has 0 N–H and O–H groups in total. The first-order chi connectivity index (χ1) is 16.3. The third-order valence-electron chi connectivity index (χ3n) is 7.42. The summed E-state index contributed by atoms with van der Waals surface area (Å²) in [6.45, 7) is 17.5. The Bertz CT molecular complexity index is 1150. The van der Waals surface area contributed by atoms with Crippen LogP contribution in [0.2, 0.25) is 18.1 Å². The van der Waals surface area contributed by atoms with Gasteiger partial charge in [-0.25, -0.2) is 4.98 Å². The normalized spacial score (nSPS) is 14.2. The Morgan fingerprint density at radius 2 is 1.89 bits per heavy atom. The van der Waals surface area contributed by atoms with Gasteiger partial charge in [0.25, 0.3) is 0 Å². The van der Waals surface area contributed by atoms with Crippen molar-refractivity contribution in [2.24, 2.45) is 5.92 Å². The molecule has 2 aromatic rings. The molecule has 5 nitrogen and oxygen atoms in total. The second-order valence-corrected chi connectivity index (χ2v) is 16.5. The van der Waals surface area contributed by atoms with Crippen molar-refractivity contribution in [2.75, 3.05) is 7.11 Å². The number of aromatic nitrogens is 1. The van der Waals surface area contributed by atoms with Crippen molar-refractivity contribution in [1.82, 2.24) is 4.98 Å². The summed E-state index contributed by atoms with van der Waals surface area (Å²) >= 11 is 0. The molecule has 0 atom stereocenters. The van der Waals surface area contributed by atoms with Gasteiger partial charge in [0.1, 0.15) is 0 Å². The highest BCUT2D eigenvalue weighted by atomic mass is 28.4. The number of pyridine rings is 1. The van der Waals surface area contributed by atoms with Crippen molar-refractivity contribution < 1.29 is 14.0 Å². The molecular formula is C29H40N2O3Si. The van der Waals surface area contributed by atoms with Crippen LogP contribution in [0.25, 0.3) is 0 Å². The number of carbonyl (C=O) groups excluding carboxylic acids is 1. The monoisotopic (exact) mass is 492 g/mol. The predicted octanol–water partition coefficient (Wildman–Crippen LogP) is 7.10. The molecule has 6 heteroatoms. The summed E-state index contributed by atoms with van der Waals surface area (Å²) in [4.78, 5) is 19.1. The maximum absolute atomic E-state index is 14.2. The van der Waals surface area contributed by atoms with Crippen molar-refractivity contribution in [2.45, 2.75) is 91.5 Å². The molecule has 3 rings (SSSR count). The summed E-state index contributed by atoms with van der Waals surface area (Å²) in [7, 11) is -0.415. The highest BCUT2D eigenvalue weighted by molar-refractivity contribution is 6.74. The van der Waals surface area contributed by atoms with Crippen LogP contribution in [-0.2, 0) is 17.5 Å². The van der Waals surface area contributed by atoms with Gasteiger partial charge in [-0.3, -0.25) is 4.79 Å². The number of rotatable bonds is 9. The molecule has 1 aliphatic carbocycles. The van der Waals surface area contributed by atoms with E-state index in [1.807, 2.05) is 13.0 Å². The van der Waals surface area contributed by atoms with Crippen LogP contribution in [0.3, 0.4) is 0 Å². The van der Waals surface area contributed by atoms with Crippen molar-refractivity contribution in [1.29, 1.82) is 5.26 Å². The third kappa shape index (κ3) is 6.02. The number of nitriles is 1. The largest absolute Gasteiger partial charge is 0.481 e. The molecule has 1 fully saturated rings. The zero-order chi connectivity index (χ0) is 26.1. The fraction of sp³-hybridized carbons (Fsp3) is 0.552. The van der Waals surface area contributed by atoms with E-state index in [1.165, 1.54) is 12.8 Å². The lowest BCUT2D eigenvalue weighted by molar-refractivity contribution is 0.103. The van der Waals surface area contributed by atoms with Crippen LogP contribution in [0.1, 0.15) is 97.2 Å². The first-order valence-electron chi connectivity index (χ1n) is 12.6. The molecule has 0 radical (unpaired) electrons. The van der Waals surface area contributed by atoms with Crippen LogP contribution in [0.15, 0.2) is 18.2 Å². The second kappa shape index (κ2) is 10.2. The molecular weight excluding hydrogens is 452 g/mol. The Hall–Kier alpha value is -2.49. The molecule has 1 aromatic heterocycles. The Morgan fingerprint density at radius 3 is 2.40 bits per heavy atom. The Labute approximate surface area is 212 Å². The van der Waals surface area contributed by atoms with Crippen LogP contribution in [0.4, 0.5) is 0 Å². The van der Waals surface area contributed by atoms with Gasteiger partial charge in [-0.05, 0) is 85.5 Å². The van der Waals surface area contributed by atoms with Gasteiger partial charge in [0.2, 0.25) is 5.88 Å². The highest BCUT2D eigenvalue weighted by Crippen LogP contribution is 2.41. The van der Waals surface area contributed by atoms with E-state index >= 15 is 0 Å². The molecule has 1 aliphatic rings. The lowest BCUT2D eigenvalue weighted by atomic mass is 9.86. The van der Waals surface area contributed by atoms with Gasteiger partial charge >= 0.3 is 0 Å². The minimum absolute atomic E-state index is 0.0463. The highest BCUT2D eigenvalue weighted by Gasteiger charge is 2.38. The standard InChI is InChI=1S/C29H40N2O3Si/c1-18(2)25-26(27(32)22-13-19(3)12-21(14-22)16-30)23(15-20-10-11-20)24(31-28(25)33-7)17-34-35(8,9)29(4,5)6/h12-14,18,20H,10-11,15,17H2,1-9H3. The van der Waals surface area contributed by atoms with Gasteiger partial charge in [-0.2, -0.15) is 5.26 Å². The molecule has 1 aromatic carbocycles. The summed E-state index contributed by atoms with van der Waals surface area (Å²) < 4.78 is 12.3. The van der Waals surface area contributed by atoms with Crippen molar-refractivity contribution in [3.05, 3.63) is 57.3 Å². The van der Waals surface area contributed by atoms with Crippen molar-refractivity contribution in [3.8, 4) is 11.9 Å². The fourth-order valence-electron chi connectivity index (χ4n) is 4.15. The van der Waals surface area contributed by atoms with Crippen LogP contribution in [0.5, 0.6) is 5.88 Å². The van der Waals surface area contributed by atoms with Gasteiger partial charge < -0.3 is 9.16 Å². The number of benzene rings is 1. The third-order valence-corrected chi connectivity index (χ3v) is 11.9. The van der Waals surface area contributed by atoms with Gasteiger partial charge in [-0.1, -0.05) is 34.6 Å². The number of carbonyl (C=O) groups is 1. The molecule has 1 saturated carbocycles. The van der Waals surface area contributed by atoms with Crippen molar-refractivity contribution in [3.63, 3.8) is 0 Å². The van der Waals surface area contributed by atoms with E-state index in [1.54, 1.807) is 19.2 Å². The van der Waals surface area contributed by atoms with E-state index in [0.29, 0.717) is 35.1 Å². The molecule has 0 saturated heterocycles. The number of hydrogen-bond acceptors (Lipinski definition) is 5. The summed E-state index contributed by atoms with van der Waals surface area (Å²) in [5.41, 5.74) is 5.23. The minimum Gasteiger partial charge on any atom is -0.481 e. The summed E-state index contributed by atoms with van der Waals surface area (Å²) in [5.74, 6) is 1.03. The van der Waals surface area contributed by atoms with E-state index < -0.39 is 8.32 Å². The van der Waals surface area contributed by atoms with Gasteiger partial charge in [0.15, 0.2) is 14.1 Å². The molecule has 35 heavy (non-hydrogen) atoms. The number of hydrogen-bond donors (Lipinski definition) is 0. The van der Waals surface area contributed by atoms with Gasteiger partial charge in [0, 0.05) is 16.7 Å². The van der Waals surface area contributed by atoms with E-state index in [4.69, 9.17) is 14.1 Å².